The van der Waals surface area contributed by atoms with Crippen LogP contribution in [-0.4, -0.2) is 8.96 Å². The van der Waals surface area contributed by atoms with Crippen LogP contribution in [0.1, 0.15) is 0 Å². The molecule has 0 fully saturated rings. The van der Waals surface area contributed by atoms with Crippen LogP contribution < -0.4 is 5.73 Å². The van der Waals surface area contributed by atoms with Gasteiger partial charge < -0.3 is 5.73 Å². The molecule has 0 aliphatic rings. The van der Waals surface area contributed by atoms with Crippen molar-refractivity contribution in [2.24, 2.45) is 0 Å². The second kappa shape index (κ2) is 4.25. The molecule has 14 heavy (non-hydrogen) atoms. The Kier molecular flexibility index (Phi) is 3.20. The number of rotatable bonds is 2. The summed E-state index contributed by atoms with van der Waals surface area (Å²) in [6.07, 6.45) is 3.51. The molecule has 2 heterocycles. The van der Waals surface area contributed by atoms with E-state index in [1.165, 1.54) is 12.2 Å². The Bertz CT molecular complexity index is 475. The van der Waals surface area contributed by atoms with E-state index in [2.05, 4.69) is 20.9 Å². The van der Waals surface area contributed by atoms with Crippen LogP contribution in [0.25, 0.3) is 11.0 Å². The third-order valence-corrected chi connectivity index (χ3v) is 3.30. The van der Waals surface area contributed by atoms with E-state index in [1.807, 2.05) is 39.2 Å². The largest absolute Gasteiger partial charge is 0.397 e. The van der Waals surface area contributed by atoms with E-state index in [-0.39, 0.29) is 0 Å². The number of nitrogen functional groups attached to an aromatic ring is 1. The minimum absolute atomic E-state index is 0.649. The number of nitrogens with two attached hydrogens (primary N) is 1. The molecule has 0 bridgehead atoms. The number of fused-ring (bicyclic) bond motifs is 1. The molecule has 0 aromatic carbocycles. The molecular weight excluding hydrogens is 381 g/mol. The summed E-state index contributed by atoms with van der Waals surface area (Å²) in [5.41, 5.74) is 7.12. The summed E-state index contributed by atoms with van der Waals surface area (Å²) in [7, 11) is 0. The van der Waals surface area contributed by atoms with Crippen LogP contribution in [0.2, 0.25) is 0 Å². The first-order chi connectivity index (χ1) is 6.72. The highest BCUT2D eigenvalue weighted by Gasteiger charge is 2.08. The smallest absolute Gasteiger partial charge is 0.152 e. The topological polar surface area (TPSA) is 53.1 Å². The Hall–Kier alpha value is 0.01000. The molecule has 0 atom stereocenters. The second-order valence-corrected chi connectivity index (χ2v) is 5.18. The van der Waals surface area contributed by atoms with Crippen molar-refractivity contribution < 1.29 is 2.51 Å². The number of halogens is 2. The first kappa shape index (κ1) is 10.5. The summed E-state index contributed by atoms with van der Waals surface area (Å²) in [4.78, 5) is 4.22. The summed E-state index contributed by atoms with van der Waals surface area (Å²) in [5.74, 6) is 0. The molecule has 0 amide bonds. The molecule has 74 valence electrons. The van der Waals surface area contributed by atoms with E-state index in [1.54, 1.807) is 6.20 Å². The summed E-state index contributed by atoms with van der Waals surface area (Å²) in [5, 5.41) is 0.978. The molecule has 2 aromatic rings. The number of aromatic nitrogens is 2. The van der Waals surface area contributed by atoms with Crippen molar-refractivity contribution in [1.82, 2.24) is 8.96 Å². The Balaban J connectivity index is 2.65. The zero-order chi connectivity index (χ0) is 10.1. The van der Waals surface area contributed by atoms with E-state index < -0.39 is 0 Å². The highest BCUT2D eigenvalue weighted by molar-refractivity contribution is 14.1. The van der Waals surface area contributed by atoms with Gasteiger partial charge in [0.2, 0.25) is 0 Å². The zero-order valence-corrected chi connectivity index (χ0v) is 11.3. The molecule has 0 aliphatic carbocycles. The SMILES string of the molecule is Nc1cnc2c(c1)c(Br)cn2SOI. The van der Waals surface area contributed by atoms with Crippen LogP contribution in [0.4, 0.5) is 5.69 Å². The van der Waals surface area contributed by atoms with E-state index in [4.69, 9.17) is 8.25 Å². The molecule has 4 nitrogen and oxygen atoms in total. The fraction of sp³-hybridized carbons (Fsp3) is 0. The highest BCUT2D eigenvalue weighted by Crippen LogP contribution is 2.29. The second-order valence-electron chi connectivity index (χ2n) is 2.58. The fourth-order valence-electron chi connectivity index (χ4n) is 1.15. The Morgan fingerprint density at radius 3 is 3.14 bits per heavy atom. The van der Waals surface area contributed by atoms with Gasteiger partial charge in [-0.3, -0.25) is 0 Å². The lowest BCUT2D eigenvalue weighted by Crippen LogP contribution is -1.89. The molecule has 0 radical (unpaired) electrons. The van der Waals surface area contributed by atoms with Crippen molar-refractivity contribution in [3.05, 3.63) is 22.9 Å². The minimum atomic E-state index is 0.649. The van der Waals surface area contributed by atoms with Gasteiger partial charge in [-0.1, -0.05) is 0 Å². The van der Waals surface area contributed by atoms with Gasteiger partial charge in [0, 0.05) is 16.1 Å². The van der Waals surface area contributed by atoms with Crippen molar-refractivity contribution in [2.45, 2.75) is 0 Å². The minimum Gasteiger partial charge on any atom is -0.397 e. The van der Waals surface area contributed by atoms with Crippen LogP contribution in [0.15, 0.2) is 22.9 Å². The average Bonchev–Trinajstić information content (AvgIpc) is 2.44. The maximum Gasteiger partial charge on any atom is 0.152 e. The summed E-state index contributed by atoms with van der Waals surface area (Å²) < 4.78 is 7.71. The van der Waals surface area contributed by atoms with Gasteiger partial charge in [0.05, 0.1) is 11.9 Å². The summed E-state index contributed by atoms with van der Waals surface area (Å²) in [6, 6.07) is 1.87. The number of hydrogen-bond acceptors (Lipinski definition) is 4. The summed E-state index contributed by atoms with van der Waals surface area (Å²) in [6.45, 7) is 0. The Morgan fingerprint density at radius 2 is 2.43 bits per heavy atom. The molecule has 0 saturated carbocycles. The van der Waals surface area contributed by atoms with Crippen molar-refractivity contribution >= 4 is 67.9 Å². The van der Waals surface area contributed by atoms with Crippen LogP contribution in [-0.2, 0) is 2.51 Å². The first-order valence-electron chi connectivity index (χ1n) is 3.60. The van der Waals surface area contributed by atoms with E-state index in [9.17, 15) is 0 Å². The first-order valence-corrected chi connectivity index (χ1v) is 5.97. The summed E-state index contributed by atoms with van der Waals surface area (Å²) >= 11 is 6.45. The van der Waals surface area contributed by atoms with E-state index in [0.29, 0.717) is 5.69 Å². The van der Waals surface area contributed by atoms with Crippen LogP contribution in [0.5, 0.6) is 0 Å². The molecule has 2 N–H and O–H groups in total. The number of nitrogens with zero attached hydrogens (tertiary/aromatic N) is 2. The third kappa shape index (κ3) is 1.86. The van der Waals surface area contributed by atoms with E-state index >= 15 is 0 Å². The maximum atomic E-state index is 5.64. The lowest BCUT2D eigenvalue weighted by atomic mass is 10.3. The zero-order valence-electron chi connectivity index (χ0n) is 6.78. The predicted octanol–water partition coefficient (Wildman–Crippen LogP) is 3.16. The van der Waals surface area contributed by atoms with Crippen LogP contribution in [0, 0.1) is 0 Å². The van der Waals surface area contributed by atoms with Crippen LogP contribution >= 0.6 is 51.2 Å². The van der Waals surface area contributed by atoms with Crippen LogP contribution in [0.3, 0.4) is 0 Å². The molecule has 0 unspecified atom stereocenters. The van der Waals surface area contributed by atoms with Crippen molar-refractivity contribution in [2.75, 3.05) is 5.73 Å². The normalized spacial score (nSPS) is 11.0. The number of pyridine rings is 1. The monoisotopic (exact) mass is 385 g/mol. The molecule has 7 heteroatoms. The Morgan fingerprint density at radius 1 is 1.64 bits per heavy atom. The molecule has 2 rings (SSSR count). The fourth-order valence-corrected chi connectivity index (χ4v) is 2.72. The Labute approximate surface area is 107 Å². The molecule has 2 aromatic heterocycles. The molecule has 0 saturated heterocycles. The van der Waals surface area contributed by atoms with Gasteiger partial charge in [-0.25, -0.2) is 11.5 Å². The standard InChI is InChI=1S/C7H5BrIN3OS/c8-6-3-12(14-13-9)7-5(6)1-4(10)2-11-7/h1-3H,10H2. The average molecular weight is 386 g/mol. The van der Waals surface area contributed by atoms with Gasteiger partial charge >= 0.3 is 0 Å². The van der Waals surface area contributed by atoms with Crippen molar-refractivity contribution in [1.29, 1.82) is 0 Å². The maximum absolute atomic E-state index is 5.64. The molecular formula is C7H5BrIN3OS. The molecule has 0 aliphatic heterocycles. The van der Waals surface area contributed by atoms with Crippen molar-refractivity contribution in [3.8, 4) is 0 Å². The van der Waals surface area contributed by atoms with Gasteiger partial charge in [0.25, 0.3) is 0 Å². The highest BCUT2D eigenvalue weighted by atomic mass is 127. The predicted molar refractivity (Wildman–Crippen MR) is 69.9 cm³/mol. The van der Waals surface area contributed by atoms with Crippen molar-refractivity contribution in [3.63, 3.8) is 0 Å². The van der Waals surface area contributed by atoms with Gasteiger partial charge in [-0.05, 0) is 22.0 Å². The lowest BCUT2D eigenvalue weighted by Gasteiger charge is -1.98. The van der Waals surface area contributed by atoms with Gasteiger partial charge in [-0.2, -0.15) is 0 Å². The third-order valence-electron chi connectivity index (χ3n) is 1.69. The number of anilines is 1. The van der Waals surface area contributed by atoms with Gasteiger partial charge in [0.1, 0.15) is 35.2 Å². The lowest BCUT2D eigenvalue weighted by molar-refractivity contribution is 0.830. The quantitative estimate of drug-likeness (QED) is 0.637. The molecule has 0 spiro atoms. The number of hydrogen-bond donors (Lipinski definition) is 1. The van der Waals surface area contributed by atoms with Gasteiger partial charge in [-0.15, -0.1) is 0 Å². The van der Waals surface area contributed by atoms with E-state index in [0.717, 1.165) is 15.5 Å². The van der Waals surface area contributed by atoms with Gasteiger partial charge in [0.15, 0.2) is 5.65 Å².